The van der Waals surface area contributed by atoms with Crippen LogP contribution in [0.1, 0.15) is 0 Å². The molecule has 1 heterocycles. The number of hydrogen-bond donors (Lipinski definition) is 2. The van der Waals surface area contributed by atoms with E-state index in [2.05, 4.69) is 5.32 Å². The predicted molar refractivity (Wildman–Crippen MR) is 67.8 cm³/mol. The molecule has 0 saturated carbocycles. The molecule has 0 bridgehead atoms. The molecule has 1 aliphatic rings. The van der Waals surface area contributed by atoms with Gasteiger partial charge in [-0.2, -0.15) is 11.8 Å². The summed E-state index contributed by atoms with van der Waals surface area (Å²) in [6.07, 6.45) is 0. The van der Waals surface area contributed by atoms with Crippen molar-refractivity contribution in [3.05, 3.63) is 0 Å². The van der Waals surface area contributed by atoms with E-state index in [-0.39, 0.29) is 23.6 Å². The molecular formula is C8H15ClF2N2OS2. The van der Waals surface area contributed by atoms with Gasteiger partial charge in [0.05, 0.1) is 18.3 Å². The van der Waals surface area contributed by atoms with Crippen molar-refractivity contribution in [3.8, 4) is 0 Å². The molecule has 0 radical (unpaired) electrons. The highest BCUT2D eigenvalue weighted by molar-refractivity contribution is 8.07. The van der Waals surface area contributed by atoms with Gasteiger partial charge < -0.3 is 11.1 Å². The third-order valence-corrected chi connectivity index (χ3v) is 4.68. The largest absolute Gasteiger partial charge is 0.349 e. The first-order chi connectivity index (χ1) is 7.05. The van der Waals surface area contributed by atoms with E-state index in [4.69, 9.17) is 5.73 Å². The Balaban J connectivity index is 0.00000225. The lowest BCUT2D eigenvalue weighted by molar-refractivity contribution is -0.122. The van der Waals surface area contributed by atoms with Gasteiger partial charge in [-0.25, -0.2) is 8.78 Å². The van der Waals surface area contributed by atoms with Crippen LogP contribution in [-0.4, -0.2) is 47.4 Å². The fourth-order valence-electron chi connectivity index (χ4n) is 1.04. The maximum absolute atomic E-state index is 12.7. The molecule has 1 aliphatic heterocycles. The minimum absolute atomic E-state index is 0. The summed E-state index contributed by atoms with van der Waals surface area (Å²) in [5, 5.41) is 2.04. The van der Waals surface area contributed by atoms with Gasteiger partial charge in [0.1, 0.15) is 0 Å². The Labute approximate surface area is 108 Å². The summed E-state index contributed by atoms with van der Waals surface area (Å²) in [5.74, 6) is -0.684. The second-order valence-electron chi connectivity index (χ2n) is 3.21. The van der Waals surface area contributed by atoms with Crippen molar-refractivity contribution in [1.82, 2.24) is 5.32 Å². The second kappa shape index (κ2) is 7.58. The Morgan fingerprint density at radius 1 is 1.50 bits per heavy atom. The van der Waals surface area contributed by atoms with Crippen LogP contribution < -0.4 is 11.1 Å². The van der Waals surface area contributed by atoms with Gasteiger partial charge >= 0.3 is 0 Å². The first-order valence-corrected chi connectivity index (χ1v) is 6.80. The molecule has 1 unspecified atom stereocenters. The fourth-order valence-corrected chi connectivity index (χ4v) is 3.62. The number of alkyl halides is 2. The van der Waals surface area contributed by atoms with E-state index in [1.807, 2.05) is 0 Å². The van der Waals surface area contributed by atoms with Gasteiger partial charge in [0, 0.05) is 17.3 Å². The van der Waals surface area contributed by atoms with Crippen LogP contribution in [0.15, 0.2) is 0 Å². The molecule has 0 aromatic heterocycles. The van der Waals surface area contributed by atoms with Crippen LogP contribution in [0.4, 0.5) is 8.78 Å². The van der Waals surface area contributed by atoms with Crippen molar-refractivity contribution in [1.29, 1.82) is 0 Å². The van der Waals surface area contributed by atoms with Gasteiger partial charge in [-0.1, -0.05) is 0 Å². The first-order valence-electron chi connectivity index (χ1n) is 4.60. The van der Waals surface area contributed by atoms with Crippen molar-refractivity contribution in [3.63, 3.8) is 0 Å². The Bertz CT molecular complexity index is 228. The number of carbonyl (C=O) groups excluding carboxylic acids is 1. The summed E-state index contributed by atoms with van der Waals surface area (Å²) in [7, 11) is 0. The molecule has 96 valence electrons. The summed E-state index contributed by atoms with van der Waals surface area (Å²) >= 11 is 3.20. The second-order valence-corrected chi connectivity index (χ2v) is 5.67. The lowest BCUT2D eigenvalue weighted by Crippen LogP contribution is -2.45. The molecule has 1 fully saturated rings. The van der Waals surface area contributed by atoms with Crippen LogP contribution in [0.25, 0.3) is 0 Å². The van der Waals surface area contributed by atoms with Crippen molar-refractivity contribution in [2.45, 2.75) is 11.2 Å². The zero-order valence-corrected chi connectivity index (χ0v) is 11.0. The maximum Gasteiger partial charge on any atom is 0.277 e. The van der Waals surface area contributed by atoms with E-state index in [0.29, 0.717) is 5.75 Å². The van der Waals surface area contributed by atoms with Crippen LogP contribution in [-0.2, 0) is 4.79 Å². The molecule has 0 aliphatic carbocycles. The van der Waals surface area contributed by atoms with Crippen LogP contribution in [0, 0.1) is 0 Å². The van der Waals surface area contributed by atoms with Crippen molar-refractivity contribution < 1.29 is 13.6 Å². The highest BCUT2D eigenvalue weighted by atomic mass is 35.5. The number of hydrogen-bond acceptors (Lipinski definition) is 4. The Hall–Kier alpha value is 0.280. The molecule has 1 rings (SSSR count). The smallest absolute Gasteiger partial charge is 0.277 e. The summed E-state index contributed by atoms with van der Waals surface area (Å²) in [4.78, 5) is 11.4. The maximum atomic E-state index is 12.7. The highest BCUT2D eigenvalue weighted by Gasteiger charge is 2.29. The third-order valence-electron chi connectivity index (χ3n) is 1.93. The van der Waals surface area contributed by atoms with E-state index in [0.717, 1.165) is 11.5 Å². The quantitative estimate of drug-likeness (QED) is 0.811. The van der Waals surface area contributed by atoms with E-state index in [9.17, 15) is 13.6 Å². The minimum atomic E-state index is -3.00. The van der Waals surface area contributed by atoms with Crippen molar-refractivity contribution >= 4 is 41.8 Å². The lowest BCUT2D eigenvalue weighted by Gasteiger charge is -2.21. The van der Waals surface area contributed by atoms with Gasteiger partial charge in [-0.15, -0.1) is 24.2 Å². The van der Waals surface area contributed by atoms with E-state index in [1.54, 1.807) is 11.8 Å². The average molecular weight is 293 g/mol. The first kappa shape index (κ1) is 16.3. The Morgan fingerprint density at radius 3 is 2.69 bits per heavy atom. The summed E-state index contributed by atoms with van der Waals surface area (Å²) in [5.41, 5.74) is 4.86. The fraction of sp³-hybridized carbons (Fsp3) is 0.875. The molecule has 3 nitrogen and oxygen atoms in total. The van der Waals surface area contributed by atoms with Crippen molar-refractivity contribution in [2.24, 2.45) is 5.73 Å². The Kier molecular flexibility index (Phi) is 7.71. The lowest BCUT2D eigenvalue weighted by atomic mass is 10.3. The molecule has 0 spiro atoms. The zero-order chi connectivity index (χ0) is 11.3. The summed E-state index contributed by atoms with van der Waals surface area (Å²) < 4.78 is 25.5. The van der Waals surface area contributed by atoms with Gasteiger partial charge in [0.25, 0.3) is 5.92 Å². The van der Waals surface area contributed by atoms with Crippen LogP contribution in [0.3, 0.4) is 0 Å². The summed E-state index contributed by atoms with van der Waals surface area (Å²) in [6.45, 7) is -1.40. The molecule has 1 atom stereocenters. The van der Waals surface area contributed by atoms with Crippen LogP contribution >= 0.6 is 35.9 Å². The molecule has 8 heteroatoms. The predicted octanol–water partition coefficient (Wildman–Crippen LogP) is 0.967. The highest BCUT2D eigenvalue weighted by Crippen LogP contribution is 2.24. The zero-order valence-electron chi connectivity index (χ0n) is 8.58. The number of nitrogens with one attached hydrogen (secondary N) is 1. The number of halogens is 3. The molecule has 16 heavy (non-hydrogen) atoms. The van der Waals surface area contributed by atoms with Crippen LogP contribution in [0.5, 0.6) is 0 Å². The number of nitrogens with two attached hydrogens (primary N) is 1. The Morgan fingerprint density at radius 2 is 2.19 bits per heavy atom. The minimum Gasteiger partial charge on any atom is -0.349 e. The van der Waals surface area contributed by atoms with Gasteiger partial charge in [-0.3, -0.25) is 4.79 Å². The van der Waals surface area contributed by atoms with Gasteiger partial charge in [0.2, 0.25) is 5.91 Å². The number of thioether (sulfide) groups is 2. The van der Waals surface area contributed by atoms with Crippen molar-refractivity contribution in [2.75, 3.05) is 30.3 Å². The molecule has 0 aromatic rings. The standard InChI is InChI=1S/C8H14F2N2OS2.ClH/c9-8(10,4-11)5-12-7(13)6-3-14-1-2-15-6;/h6H,1-5,11H2,(H,12,13);1H. The number of carbonyl (C=O) groups is 1. The third kappa shape index (κ3) is 5.56. The van der Waals surface area contributed by atoms with E-state index < -0.39 is 19.0 Å². The van der Waals surface area contributed by atoms with E-state index in [1.165, 1.54) is 11.8 Å². The molecule has 0 aromatic carbocycles. The average Bonchev–Trinajstić information content (AvgIpc) is 2.27. The summed E-state index contributed by atoms with van der Waals surface area (Å²) in [6, 6.07) is 0. The van der Waals surface area contributed by atoms with Crippen LogP contribution in [0.2, 0.25) is 0 Å². The number of amides is 1. The monoisotopic (exact) mass is 292 g/mol. The normalized spacial score (nSPS) is 21.1. The van der Waals surface area contributed by atoms with Gasteiger partial charge in [0.15, 0.2) is 0 Å². The molecule has 1 saturated heterocycles. The molecule has 3 N–H and O–H groups in total. The SMILES string of the molecule is Cl.NCC(F)(F)CNC(=O)C1CSCCS1. The number of rotatable bonds is 4. The topological polar surface area (TPSA) is 55.1 Å². The molecular weight excluding hydrogens is 278 g/mol. The van der Waals surface area contributed by atoms with Gasteiger partial charge in [-0.05, 0) is 0 Å². The molecule has 1 amide bonds. The van der Waals surface area contributed by atoms with E-state index >= 15 is 0 Å².